The monoisotopic (exact) mass is 299 g/mol. The third-order valence-corrected chi connectivity index (χ3v) is 4.39. The Balaban J connectivity index is 1.60. The predicted molar refractivity (Wildman–Crippen MR) is 91.7 cm³/mol. The number of hydrogen-bond donors (Lipinski definition) is 2. The molecule has 0 amide bonds. The van der Waals surface area contributed by atoms with Crippen molar-refractivity contribution in [1.29, 1.82) is 0 Å². The number of anilines is 1. The molecule has 1 heterocycles. The third kappa shape index (κ3) is 3.69. The van der Waals surface area contributed by atoms with Crippen LogP contribution in [0.2, 0.25) is 0 Å². The smallest absolute Gasteiger partial charge is 0.121 e. The van der Waals surface area contributed by atoms with Crippen LogP contribution in [0.25, 0.3) is 10.9 Å². The second-order valence-corrected chi connectivity index (χ2v) is 5.97. The molecule has 2 N–H and O–H groups in total. The summed E-state index contributed by atoms with van der Waals surface area (Å²) in [6, 6.07) is 8.77. The van der Waals surface area contributed by atoms with Gasteiger partial charge in [-0.3, -0.25) is 4.98 Å². The van der Waals surface area contributed by atoms with Crippen molar-refractivity contribution >= 4 is 16.6 Å². The minimum absolute atomic E-state index is 0.704. The van der Waals surface area contributed by atoms with Crippen molar-refractivity contribution in [3.05, 3.63) is 30.5 Å². The van der Waals surface area contributed by atoms with E-state index in [9.17, 15) is 0 Å². The Bertz CT molecular complexity index is 608. The van der Waals surface area contributed by atoms with E-state index in [2.05, 4.69) is 21.7 Å². The van der Waals surface area contributed by atoms with E-state index in [0.717, 1.165) is 35.4 Å². The first kappa shape index (κ1) is 15.1. The lowest BCUT2D eigenvalue weighted by molar-refractivity contribution is 0.378. The second-order valence-electron chi connectivity index (χ2n) is 5.97. The van der Waals surface area contributed by atoms with E-state index in [0.29, 0.717) is 6.04 Å². The first-order valence-corrected chi connectivity index (χ1v) is 8.27. The molecule has 4 nitrogen and oxygen atoms in total. The molecule has 1 aliphatic rings. The van der Waals surface area contributed by atoms with Gasteiger partial charge >= 0.3 is 0 Å². The highest BCUT2D eigenvalue weighted by atomic mass is 16.5. The maximum atomic E-state index is 5.38. The fourth-order valence-corrected chi connectivity index (χ4v) is 3.20. The predicted octanol–water partition coefficient (Wildman–Crippen LogP) is 3.58. The van der Waals surface area contributed by atoms with E-state index in [-0.39, 0.29) is 0 Å². The minimum Gasteiger partial charge on any atom is -0.497 e. The van der Waals surface area contributed by atoms with Crippen LogP contribution < -0.4 is 15.4 Å². The molecule has 1 aromatic heterocycles. The summed E-state index contributed by atoms with van der Waals surface area (Å²) in [5.74, 6) is 0.864. The summed E-state index contributed by atoms with van der Waals surface area (Å²) in [5.41, 5.74) is 2.04. The molecule has 1 fully saturated rings. The maximum absolute atomic E-state index is 5.38. The van der Waals surface area contributed by atoms with Gasteiger partial charge in [-0.15, -0.1) is 0 Å². The summed E-state index contributed by atoms with van der Waals surface area (Å²) >= 11 is 0. The number of nitrogens with one attached hydrogen (secondary N) is 2. The lowest BCUT2D eigenvalue weighted by atomic mass is 9.95. The average molecular weight is 299 g/mol. The van der Waals surface area contributed by atoms with Crippen molar-refractivity contribution in [3.8, 4) is 5.75 Å². The van der Waals surface area contributed by atoms with Crippen molar-refractivity contribution in [2.45, 2.75) is 38.1 Å². The fraction of sp³-hybridized carbons (Fsp3) is 0.500. The lowest BCUT2D eigenvalue weighted by Gasteiger charge is -2.23. The maximum Gasteiger partial charge on any atom is 0.121 e. The molecule has 0 radical (unpaired) electrons. The van der Waals surface area contributed by atoms with Crippen LogP contribution in [0.5, 0.6) is 5.75 Å². The highest BCUT2D eigenvalue weighted by Crippen LogP contribution is 2.27. The van der Waals surface area contributed by atoms with Crippen molar-refractivity contribution in [2.24, 2.45) is 0 Å². The van der Waals surface area contributed by atoms with Gasteiger partial charge in [-0.1, -0.05) is 25.3 Å². The van der Waals surface area contributed by atoms with Crippen molar-refractivity contribution < 1.29 is 4.74 Å². The summed E-state index contributed by atoms with van der Waals surface area (Å²) in [6.45, 7) is 1.88. The van der Waals surface area contributed by atoms with E-state index < -0.39 is 0 Å². The lowest BCUT2D eigenvalue weighted by Crippen LogP contribution is -2.34. The van der Waals surface area contributed by atoms with Crippen LogP contribution in [-0.2, 0) is 0 Å². The first-order valence-electron chi connectivity index (χ1n) is 8.27. The molecular formula is C18H25N3O. The minimum atomic E-state index is 0.704. The molecular weight excluding hydrogens is 274 g/mol. The van der Waals surface area contributed by atoms with E-state index in [1.165, 1.54) is 32.1 Å². The molecule has 0 aliphatic heterocycles. The zero-order chi connectivity index (χ0) is 15.2. The van der Waals surface area contributed by atoms with Crippen molar-refractivity contribution in [3.63, 3.8) is 0 Å². The van der Waals surface area contributed by atoms with Crippen molar-refractivity contribution in [2.75, 3.05) is 25.5 Å². The molecule has 118 valence electrons. The Kier molecular flexibility index (Phi) is 5.11. The number of benzene rings is 1. The molecule has 22 heavy (non-hydrogen) atoms. The number of methoxy groups -OCH3 is 1. The summed E-state index contributed by atoms with van der Waals surface area (Å²) in [7, 11) is 1.70. The molecule has 0 spiro atoms. The summed E-state index contributed by atoms with van der Waals surface area (Å²) in [5, 5.41) is 8.25. The van der Waals surface area contributed by atoms with E-state index >= 15 is 0 Å². The number of fused-ring (bicyclic) bond motifs is 1. The quantitative estimate of drug-likeness (QED) is 0.800. The summed E-state index contributed by atoms with van der Waals surface area (Å²) in [4.78, 5) is 4.49. The SMILES string of the molecule is COc1cc(NCCNC2CCCCC2)c2ncccc2c1. The van der Waals surface area contributed by atoms with Gasteiger partial charge in [0.2, 0.25) is 0 Å². The highest BCUT2D eigenvalue weighted by molar-refractivity contribution is 5.91. The molecule has 0 saturated heterocycles. The van der Waals surface area contributed by atoms with Crippen LogP contribution in [-0.4, -0.2) is 31.2 Å². The van der Waals surface area contributed by atoms with Gasteiger partial charge in [-0.25, -0.2) is 0 Å². The molecule has 1 saturated carbocycles. The van der Waals surface area contributed by atoms with Crippen LogP contribution in [0.15, 0.2) is 30.5 Å². The van der Waals surface area contributed by atoms with Gasteiger partial charge < -0.3 is 15.4 Å². The molecule has 1 aliphatic carbocycles. The Hall–Kier alpha value is -1.81. The van der Waals surface area contributed by atoms with Gasteiger partial charge in [0.25, 0.3) is 0 Å². The number of rotatable bonds is 6. The highest BCUT2D eigenvalue weighted by Gasteiger charge is 2.12. The molecule has 4 heteroatoms. The standard InChI is InChI=1S/C18H25N3O/c1-22-16-12-14-6-5-9-21-18(14)17(13-16)20-11-10-19-15-7-3-2-4-8-15/h5-6,9,12-13,15,19-20H,2-4,7-8,10-11H2,1H3. The Morgan fingerprint density at radius 3 is 2.86 bits per heavy atom. The van der Waals surface area contributed by atoms with Crippen LogP contribution in [0, 0.1) is 0 Å². The summed E-state index contributed by atoms with van der Waals surface area (Å²) in [6.07, 6.45) is 8.62. The first-order chi connectivity index (χ1) is 10.9. The van der Waals surface area contributed by atoms with E-state index in [4.69, 9.17) is 4.74 Å². The molecule has 3 rings (SSSR count). The molecule has 0 unspecified atom stereocenters. The largest absolute Gasteiger partial charge is 0.497 e. The average Bonchev–Trinajstić information content (AvgIpc) is 2.59. The number of ether oxygens (including phenoxy) is 1. The second kappa shape index (κ2) is 7.45. The fourth-order valence-electron chi connectivity index (χ4n) is 3.20. The normalized spacial score (nSPS) is 15.9. The zero-order valence-corrected chi connectivity index (χ0v) is 13.3. The van der Waals surface area contributed by atoms with E-state index in [1.807, 2.05) is 24.4 Å². The number of hydrogen-bond acceptors (Lipinski definition) is 4. The van der Waals surface area contributed by atoms with Gasteiger partial charge in [0.1, 0.15) is 5.75 Å². The van der Waals surface area contributed by atoms with Gasteiger partial charge in [0.15, 0.2) is 0 Å². The Labute approximate surface area is 132 Å². The van der Waals surface area contributed by atoms with Crippen LogP contribution in [0.3, 0.4) is 0 Å². The van der Waals surface area contributed by atoms with Gasteiger partial charge in [-0.2, -0.15) is 0 Å². The van der Waals surface area contributed by atoms with Crippen LogP contribution in [0.4, 0.5) is 5.69 Å². The topological polar surface area (TPSA) is 46.2 Å². The molecule has 0 bridgehead atoms. The van der Waals surface area contributed by atoms with Crippen molar-refractivity contribution in [1.82, 2.24) is 10.3 Å². The van der Waals surface area contributed by atoms with Crippen LogP contribution >= 0.6 is 0 Å². The Morgan fingerprint density at radius 1 is 1.18 bits per heavy atom. The van der Waals surface area contributed by atoms with Gasteiger partial charge in [0, 0.05) is 36.8 Å². The number of nitrogens with zero attached hydrogens (tertiary/aromatic N) is 1. The summed E-state index contributed by atoms with van der Waals surface area (Å²) < 4.78 is 5.38. The van der Waals surface area contributed by atoms with Crippen LogP contribution in [0.1, 0.15) is 32.1 Å². The molecule has 2 aromatic rings. The van der Waals surface area contributed by atoms with Gasteiger partial charge in [-0.05, 0) is 25.0 Å². The van der Waals surface area contributed by atoms with Gasteiger partial charge in [0.05, 0.1) is 18.3 Å². The third-order valence-electron chi connectivity index (χ3n) is 4.39. The number of pyridine rings is 1. The van der Waals surface area contributed by atoms with E-state index in [1.54, 1.807) is 7.11 Å². The molecule has 0 atom stereocenters. The molecule has 1 aromatic carbocycles. The Morgan fingerprint density at radius 2 is 2.05 bits per heavy atom. The number of aromatic nitrogens is 1. The zero-order valence-electron chi connectivity index (χ0n) is 13.3.